The summed E-state index contributed by atoms with van der Waals surface area (Å²) in [6.45, 7) is 2.24. The lowest BCUT2D eigenvalue weighted by Crippen LogP contribution is -2.43. The van der Waals surface area contributed by atoms with E-state index in [0.29, 0.717) is 17.7 Å². The molecule has 1 aliphatic rings. The van der Waals surface area contributed by atoms with Crippen molar-refractivity contribution in [3.8, 4) is 0 Å². The summed E-state index contributed by atoms with van der Waals surface area (Å²) in [6, 6.07) is 4.03. The first-order valence-corrected chi connectivity index (χ1v) is 7.28. The highest BCUT2D eigenvalue weighted by atomic mass is 79.9. The minimum atomic E-state index is 0.0150. The maximum absolute atomic E-state index is 12.4. The van der Waals surface area contributed by atoms with Crippen molar-refractivity contribution in [1.29, 1.82) is 0 Å². The molecule has 1 saturated carbocycles. The number of aromatic nitrogens is 1. The minimum Gasteiger partial charge on any atom is -0.337 e. The van der Waals surface area contributed by atoms with Crippen LogP contribution in [0, 0.1) is 5.92 Å². The SMILES string of the molecule is CC1CCCCC1N(C)C(=O)c1ncccc1Br. The van der Waals surface area contributed by atoms with Crippen molar-refractivity contribution in [3.63, 3.8) is 0 Å². The number of hydrogen-bond donors (Lipinski definition) is 0. The van der Waals surface area contributed by atoms with Gasteiger partial charge < -0.3 is 4.90 Å². The van der Waals surface area contributed by atoms with Gasteiger partial charge in [0, 0.05) is 23.8 Å². The quantitative estimate of drug-likeness (QED) is 0.837. The van der Waals surface area contributed by atoms with Gasteiger partial charge in [0.2, 0.25) is 0 Å². The van der Waals surface area contributed by atoms with Crippen LogP contribution in [0.25, 0.3) is 0 Å². The van der Waals surface area contributed by atoms with Gasteiger partial charge in [-0.3, -0.25) is 4.79 Å². The van der Waals surface area contributed by atoms with Gasteiger partial charge in [0.15, 0.2) is 0 Å². The molecule has 0 N–H and O–H groups in total. The van der Waals surface area contributed by atoms with E-state index in [4.69, 9.17) is 0 Å². The summed E-state index contributed by atoms with van der Waals surface area (Å²) in [5.41, 5.74) is 0.512. The number of hydrogen-bond acceptors (Lipinski definition) is 2. The largest absolute Gasteiger partial charge is 0.337 e. The highest BCUT2D eigenvalue weighted by Gasteiger charge is 2.29. The number of pyridine rings is 1. The molecule has 4 heteroatoms. The van der Waals surface area contributed by atoms with Crippen LogP contribution in [0.15, 0.2) is 22.8 Å². The van der Waals surface area contributed by atoms with E-state index < -0.39 is 0 Å². The van der Waals surface area contributed by atoms with Crippen LogP contribution in [0.4, 0.5) is 0 Å². The topological polar surface area (TPSA) is 33.2 Å². The van der Waals surface area contributed by atoms with Gasteiger partial charge in [-0.1, -0.05) is 19.8 Å². The summed E-state index contributed by atoms with van der Waals surface area (Å²) in [7, 11) is 1.90. The molecule has 1 heterocycles. The second kappa shape index (κ2) is 5.83. The Balaban J connectivity index is 2.16. The van der Waals surface area contributed by atoms with Gasteiger partial charge in [-0.2, -0.15) is 0 Å². The molecule has 1 aliphatic carbocycles. The van der Waals surface area contributed by atoms with E-state index in [1.165, 1.54) is 19.3 Å². The second-order valence-corrected chi connectivity index (χ2v) is 5.93. The molecule has 2 atom stereocenters. The number of halogens is 1. The van der Waals surface area contributed by atoms with Gasteiger partial charge in [-0.15, -0.1) is 0 Å². The van der Waals surface area contributed by atoms with Gasteiger partial charge in [0.05, 0.1) is 0 Å². The summed E-state index contributed by atoms with van der Waals surface area (Å²) in [4.78, 5) is 18.5. The van der Waals surface area contributed by atoms with E-state index in [1.54, 1.807) is 6.20 Å². The molecule has 0 spiro atoms. The molecule has 0 bridgehead atoms. The standard InChI is InChI=1S/C14H19BrN2O/c1-10-6-3-4-8-12(10)17(2)14(18)13-11(15)7-5-9-16-13/h5,7,9-10,12H,3-4,6,8H2,1-2H3. The number of amides is 1. The Bertz CT molecular complexity index is 436. The van der Waals surface area contributed by atoms with Crippen molar-refractivity contribution < 1.29 is 4.79 Å². The third-order valence-electron chi connectivity index (χ3n) is 3.85. The number of rotatable bonds is 2. The van der Waals surface area contributed by atoms with E-state index in [1.807, 2.05) is 24.1 Å². The van der Waals surface area contributed by atoms with Crippen molar-refractivity contribution >= 4 is 21.8 Å². The molecule has 1 aromatic rings. The van der Waals surface area contributed by atoms with Gasteiger partial charge in [-0.25, -0.2) is 4.98 Å². The maximum Gasteiger partial charge on any atom is 0.273 e. The van der Waals surface area contributed by atoms with Crippen molar-refractivity contribution in [2.45, 2.75) is 38.6 Å². The molecule has 3 nitrogen and oxygen atoms in total. The lowest BCUT2D eigenvalue weighted by atomic mass is 9.85. The predicted octanol–water partition coefficient (Wildman–Crippen LogP) is 3.49. The van der Waals surface area contributed by atoms with Crippen molar-refractivity contribution in [2.24, 2.45) is 5.92 Å². The molecular formula is C14H19BrN2O. The molecule has 0 aromatic carbocycles. The molecule has 2 rings (SSSR count). The number of nitrogens with zero attached hydrogens (tertiary/aromatic N) is 2. The number of carbonyl (C=O) groups excluding carboxylic acids is 1. The summed E-state index contributed by atoms with van der Waals surface area (Å²) < 4.78 is 0.769. The number of carbonyl (C=O) groups is 1. The Morgan fingerprint density at radius 2 is 2.17 bits per heavy atom. The first-order chi connectivity index (χ1) is 8.61. The Kier molecular flexibility index (Phi) is 4.38. The average molecular weight is 311 g/mol. The van der Waals surface area contributed by atoms with Crippen LogP contribution in [-0.2, 0) is 0 Å². The zero-order valence-electron chi connectivity index (χ0n) is 10.9. The van der Waals surface area contributed by atoms with E-state index in [9.17, 15) is 4.79 Å². The van der Waals surface area contributed by atoms with Crippen LogP contribution in [0.1, 0.15) is 43.1 Å². The molecule has 18 heavy (non-hydrogen) atoms. The van der Waals surface area contributed by atoms with Gasteiger partial charge in [-0.05, 0) is 46.8 Å². The van der Waals surface area contributed by atoms with Crippen molar-refractivity contribution in [3.05, 3.63) is 28.5 Å². The Labute approximate surface area is 117 Å². The molecule has 98 valence electrons. The summed E-state index contributed by atoms with van der Waals surface area (Å²) in [5, 5.41) is 0. The zero-order valence-corrected chi connectivity index (χ0v) is 12.5. The molecule has 0 radical (unpaired) electrons. The normalized spacial score (nSPS) is 23.7. The lowest BCUT2D eigenvalue weighted by molar-refractivity contribution is 0.0622. The predicted molar refractivity (Wildman–Crippen MR) is 75.5 cm³/mol. The molecule has 1 fully saturated rings. The average Bonchev–Trinajstić information content (AvgIpc) is 2.38. The first kappa shape index (κ1) is 13.5. The first-order valence-electron chi connectivity index (χ1n) is 6.49. The molecule has 2 unspecified atom stereocenters. The fraction of sp³-hybridized carbons (Fsp3) is 0.571. The summed E-state index contributed by atoms with van der Waals surface area (Å²) >= 11 is 3.39. The summed E-state index contributed by atoms with van der Waals surface area (Å²) in [5.74, 6) is 0.594. The van der Waals surface area contributed by atoms with E-state index in [-0.39, 0.29) is 5.91 Å². The van der Waals surface area contributed by atoms with Crippen LogP contribution >= 0.6 is 15.9 Å². The molecule has 0 saturated heterocycles. The highest BCUT2D eigenvalue weighted by molar-refractivity contribution is 9.10. The van der Waals surface area contributed by atoms with Crippen molar-refractivity contribution in [1.82, 2.24) is 9.88 Å². The maximum atomic E-state index is 12.4. The van der Waals surface area contributed by atoms with Crippen LogP contribution in [0.5, 0.6) is 0 Å². The monoisotopic (exact) mass is 310 g/mol. The lowest BCUT2D eigenvalue weighted by Gasteiger charge is -2.36. The van der Waals surface area contributed by atoms with Gasteiger partial charge in [0.1, 0.15) is 5.69 Å². The van der Waals surface area contributed by atoms with E-state index in [0.717, 1.165) is 10.9 Å². The molecule has 0 aliphatic heterocycles. The third-order valence-corrected chi connectivity index (χ3v) is 4.48. The van der Waals surface area contributed by atoms with Crippen LogP contribution in [-0.4, -0.2) is 28.9 Å². The van der Waals surface area contributed by atoms with E-state index >= 15 is 0 Å². The van der Waals surface area contributed by atoms with Gasteiger partial charge in [0.25, 0.3) is 5.91 Å². The summed E-state index contributed by atoms with van der Waals surface area (Å²) in [6.07, 6.45) is 6.48. The van der Waals surface area contributed by atoms with Crippen LogP contribution in [0.2, 0.25) is 0 Å². The van der Waals surface area contributed by atoms with Crippen molar-refractivity contribution in [2.75, 3.05) is 7.05 Å². The van der Waals surface area contributed by atoms with Crippen LogP contribution in [0.3, 0.4) is 0 Å². The molecular weight excluding hydrogens is 292 g/mol. The zero-order chi connectivity index (χ0) is 13.1. The third kappa shape index (κ3) is 2.74. The van der Waals surface area contributed by atoms with Gasteiger partial charge >= 0.3 is 0 Å². The fourth-order valence-electron chi connectivity index (χ4n) is 2.73. The van der Waals surface area contributed by atoms with E-state index in [2.05, 4.69) is 27.8 Å². The Morgan fingerprint density at radius 3 is 2.83 bits per heavy atom. The smallest absolute Gasteiger partial charge is 0.273 e. The Hall–Kier alpha value is -0.900. The second-order valence-electron chi connectivity index (χ2n) is 5.08. The molecule has 1 aromatic heterocycles. The Morgan fingerprint density at radius 1 is 1.44 bits per heavy atom. The molecule has 1 amide bonds. The minimum absolute atomic E-state index is 0.0150. The van der Waals surface area contributed by atoms with Crippen LogP contribution < -0.4 is 0 Å². The fourth-order valence-corrected chi connectivity index (χ4v) is 3.16. The highest BCUT2D eigenvalue weighted by Crippen LogP contribution is 2.28.